The molecule has 3 N–H and O–H groups in total. The molecule has 3 heterocycles. The molecule has 0 saturated carbocycles. The number of likely N-dealkylation sites (tertiary alicyclic amines) is 1. The Morgan fingerprint density at radius 3 is 2.67 bits per heavy atom. The zero-order chi connectivity index (χ0) is 19.6. The highest BCUT2D eigenvalue weighted by Gasteiger charge is 2.59. The molecule has 146 valence electrons. The van der Waals surface area contributed by atoms with Crippen LogP contribution in [0.5, 0.6) is 0 Å². The van der Waals surface area contributed by atoms with Crippen LogP contribution in [0.2, 0.25) is 0 Å². The van der Waals surface area contributed by atoms with Gasteiger partial charge in [-0.25, -0.2) is 9.48 Å². The lowest BCUT2D eigenvalue weighted by Crippen LogP contribution is -2.47. The van der Waals surface area contributed by atoms with Gasteiger partial charge in [-0.2, -0.15) is 5.10 Å². The Kier molecular flexibility index (Phi) is 3.77. The quantitative estimate of drug-likeness (QED) is 0.756. The van der Waals surface area contributed by atoms with E-state index in [1.165, 1.54) is 4.90 Å². The first kappa shape index (κ1) is 17.8. The number of nitrogens with one attached hydrogen (secondary N) is 1. The van der Waals surface area contributed by atoms with Gasteiger partial charge in [-0.05, 0) is 46.5 Å². The minimum atomic E-state index is -1.12. The summed E-state index contributed by atoms with van der Waals surface area (Å²) in [6.07, 6.45) is 3.31. The van der Waals surface area contributed by atoms with Gasteiger partial charge in [-0.3, -0.25) is 14.5 Å². The summed E-state index contributed by atoms with van der Waals surface area (Å²) in [7, 11) is 0. The lowest BCUT2D eigenvalue weighted by Gasteiger charge is -2.27. The Morgan fingerprint density at radius 2 is 2.00 bits per heavy atom. The van der Waals surface area contributed by atoms with E-state index in [9.17, 15) is 14.4 Å². The maximum absolute atomic E-state index is 12.9. The monoisotopic (exact) mass is 375 g/mol. The highest BCUT2D eigenvalue weighted by molar-refractivity contribution is 6.03. The largest absolute Gasteiger partial charge is 0.444 e. The number of hydrogen-bond acceptors (Lipinski definition) is 5. The van der Waals surface area contributed by atoms with E-state index in [-0.39, 0.29) is 18.9 Å². The normalized spacial score (nSPS) is 26.7. The predicted octanol–water partition coefficient (Wildman–Crippen LogP) is 0.904. The number of primary amides is 1. The fourth-order valence-corrected chi connectivity index (χ4v) is 4.28. The first-order valence-electron chi connectivity index (χ1n) is 9.34. The fourth-order valence-electron chi connectivity index (χ4n) is 4.28. The number of aryl methyl sites for hydroxylation is 1. The van der Waals surface area contributed by atoms with E-state index >= 15 is 0 Å². The topological polar surface area (TPSA) is 120 Å². The number of nitrogens with two attached hydrogens (primary N) is 1. The van der Waals surface area contributed by atoms with Crippen LogP contribution in [-0.2, 0) is 32.7 Å². The number of fused-ring (bicyclic) bond motifs is 4. The molecule has 0 bridgehead atoms. The van der Waals surface area contributed by atoms with Crippen LogP contribution >= 0.6 is 0 Å². The smallest absolute Gasteiger partial charge is 0.411 e. The molecule has 1 aromatic heterocycles. The molecule has 1 aromatic rings. The number of aromatic nitrogens is 2. The van der Waals surface area contributed by atoms with Crippen molar-refractivity contribution >= 4 is 23.7 Å². The third-order valence-electron chi connectivity index (χ3n) is 5.51. The molecule has 0 radical (unpaired) electrons. The van der Waals surface area contributed by atoms with E-state index in [0.717, 1.165) is 36.9 Å². The maximum atomic E-state index is 12.9. The van der Waals surface area contributed by atoms with Crippen LogP contribution in [-0.4, -0.2) is 50.8 Å². The molecule has 2 aliphatic heterocycles. The van der Waals surface area contributed by atoms with E-state index in [0.29, 0.717) is 5.82 Å². The van der Waals surface area contributed by atoms with Gasteiger partial charge in [0, 0.05) is 12.0 Å². The molecule has 1 spiro atoms. The van der Waals surface area contributed by atoms with Crippen molar-refractivity contribution in [2.24, 2.45) is 5.73 Å². The average molecular weight is 375 g/mol. The van der Waals surface area contributed by atoms with Crippen molar-refractivity contribution in [3.05, 3.63) is 11.3 Å². The number of anilines is 1. The van der Waals surface area contributed by atoms with Gasteiger partial charge in [0.2, 0.25) is 5.91 Å². The third kappa shape index (κ3) is 2.67. The number of ether oxygens (including phenoxy) is 1. The van der Waals surface area contributed by atoms with Crippen LogP contribution in [0.3, 0.4) is 0 Å². The van der Waals surface area contributed by atoms with Crippen molar-refractivity contribution in [1.29, 1.82) is 0 Å². The van der Waals surface area contributed by atoms with Gasteiger partial charge in [0.15, 0.2) is 5.54 Å². The van der Waals surface area contributed by atoms with E-state index in [1.54, 1.807) is 25.5 Å². The van der Waals surface area contributed by atoms with Crippen molar-refractivity contribution in [3.8, 4) is 0 Å². The molecular weight excluding hydrogens is 350 g/mol. The molecule has 4 rings (SSSR count). The zero-order valence-electron chi connectivity index (χ0n) is 15.9. The average Bonchev–Trinajstić information content (AvgIpc) is 3.20. The molecule has 0 unspecified atom stereocenters. The predicted molar refractivity (Wildman–Crippen MR) is 96.0 cm³/mol. The van der Waals surface area contributed by atoms with Crippen molar-refractivity contribution in [2.75, 3.05) is 11.9 Å². The maximum Gasteiger partial charge on any atom is 0.411 e. The Hall–Kier alpha value is -2.58. The molecule has 27 heavy (non-hydrogen) atoms. The molecule has 0 aromatic carbocycles. The lowest BCUT2D eigenvalue weighted by molar-refractivity contribution is -0.123. The van der Waals surface area contributed by atoms with E-state index in [2.05, 4.69) is 10.4 Å². The Morgan fingerprint density at radius 1 is 1.30 bits per heavy atom. The number of amides is 3. The summed E-state index contributed by atoms with van der Waals surface area (Å²) in [5, 5.41) is 7.62. The first-order chi connectivity index (χ1) is 12.6. The van der Waals surface area contributed by atoms with Crippen LogP contribution in [0.1, 0.15) is 51.3 Å². The van der Waals surface area contributed by atoms with E-state index in [1.807, 2.05) is 0 Å². The second-order valence-electron chi connectivity index (χ2n) is 8.61. The van der Waals surface area contributed by atoms with Gasteiger partial charge in [0.05, 0.1) is 12.2 Å². The fraction of sp³-hybridized carbons (Fsp3) is 0.667. The van der Waals surface area contributed by atoms with Crippen molar-refractivity contribution in [2.45, 2.75) is 70.1 Å². The van der Waals surface area contributed by atoms with Crippen molar-refractivity contribution in [3.63, 3.8) is 0 Å². The van der Waals surface area contributed by atoms with Gasteiger partial charge in [-0.1, -0.05) is 0 Å². The number of carbonyl (C=O) groups excluding carboxylic acids is 3. The highest BCUT2D eigenvalue weighted by Crippen LogP contribution is 2.44. The number of hydrogen-bond donors (Lipinski definition) is 2. The summed E-state index contributed by atoms with van der Waals surface area (Å²) in [5.74, 6) is -0.212. The third-order valence-corrected chi connectivity index (χ3v) is 5.51. The summed E-state index contributed by atoms with van der Waals surface area (Å²) in [6.45, 7) is 5.25. The van der Waals surface area contributed by atoms with Crippen molar-refractivity contribution < 1.29 is 19.1 Å². The molecule has 1 aliphatic carbocycles. The van der Waals surface area contributed by atoms with Gasteiger partial charge in [0.1, 0.15) is 17.5 Å². The first-order valence-corrected chi connectivity index (χ1v) is 9.34. The Bertz CT molecular complexity index is 840. The minimum absolute atomic E-state index is 0.00884. The van der Waals surface area contributed by atoms with Crippen LogP contribution in [0, 0.1) is 0 Å². The molecule has 3 amide bonds. The standard InChI is InChI=1S/C18H25N5O4/c1-17(2,3)27-16(26)22-9-18(8-12(22)13(19)24)15(25)20-14-10-6-4-5-7-11(10)21-23(14)18/h12H,4-9H2,1-3H3,(H2,19,24)(H,20,25)/t12-,18+/m0/s1. The SMILES string of the molecule is CC(C)(C)OC(=O)N1C[C@]2(C[C@H]1C(N)=O)C(=O)Nc1c3c(nn12)CCCC3. The summed E-state index contributed by atoms with van der Waals surface area (Å²) in [5.41, 5.74) is 5.77. The van der Waals surface area contributed by atoms with Gasteiger partial charge in [0.25, 0.3) is 5.91 Å². The number of rotatable bonds is 1. The molecular formula is C18H25N5O4. The van der Waals surface area contributed by atoms with Gasteiger partial charge >= 0.3 is 6.09 Å². The summed E-state index contributed by atoms with van der Waals surface area (Å²) >= 11 is 0. The highest BCUT2D eigenvalue weighted by atomic mass is 16.6. The lowest BCUT2D eigenvalue weighted by atomic mass is 9.96. The number of nitrogens with zero attached hydrogens (tertiary/aromatic N) is 3. The molecule has 1 fully saturated rings. The van der Waals surface area contributed by atoms with E-state index < -0.39 is 29.2 Å². The molecule has 1 saturated heterocycles. The molecule has 2 atom stereocenters. The zero-order valence-corrected chi connectivity index (χ0v) is 15.9. The Labute approximate surface area is 157 Å². The van der Waals surface area contributed by atoms with Crippen molar-refractivity contribution in [1.82, 2.24) is 14.7 Å². The van der Waals surface area contributed by atoms with Gasteiger partial charge in [-0.15, -0.1) is 0 Å². The van der Waals surface area contributed by atoms with Crippen LogP contribution in [0.15, 0.2) is 0 Å². The molecule has 9 heteroatoms. The van der Waals surface area contributed by atoms with E-state index in [4.69, 9.17) is 10.5 Å². The molecule has 9 nitrogen and oxygen atoms in total. The summed E-state index contributed by atoms with van der Waals surface area (Å²) in [4.78, 5) is 38.9. The summed E-state index contributed by atoms with van der Waals surface area (Å²) in [6, 6.07) is -0.919. The van der Waals surface area contributed by atoms with Crippen LogP contribution < -0.4 is 11.1 Å². The van der Waals surface area contributed by atoms with Crippen LogP contribution in [0.4, 0.5) is 10.6 Å². The molecule has 3 aliphatic rings. The van der Waals surface area contributed by atoms with Crippen LogP contribution in [0.25, 0.3) is 0 Å². The second-order valence-corrected chi connectivity index (χ2v) is 8.61. The van der Waals surface area contributed by atoms with Gasteiger partial charge < -0.3 is 15.8 Å². The minimum Gasteiger partial charge on any atom is -0.444 e. The second kappa shape index (κ2) is 5.71. The Balaban J connectivity index is 1.72. The number of carbonyl (C=O) groups is 3. The summed E-state index contributed by atoms with van der Waals surface area (Å²) < 4.78 is 7.11.